The van der Waals surface area contributed by atoms with Crippen LogP contribution in [0.25, 0.3) is 10.8 Å². The van der Waals surface area contributed by atoms with Crippen LogP contribution in [-0.4, -0.2) is 106 Å². The van der Waals surface area contributed by atoms with Crippen molar-refractivity contribution in [3.63, 3.8) is 0 Å². The molecule has 1 atom stereocenters. The molecule has 2 aliphatic rings. The second-order valence-electron chi connectivity index (χ2n) is 10.3. The highest BCUT2D eigenvalue weighted by Crippen LogP contribution is 2.38. The molecular formula is C31H37N3O6S. The van der Waals surface area contributed by atoms with Crippen molar-refractivity contribution in [2.75, 3.05) is 73.7 Å². The van der Waals surface area contributed by atoms with Gasteiger partial charge in [0.05, 0.1) is 34.5 Å². The van der Waals surface area contributed by atoms with Crippen LogP contribution < -0.4 is 14.2 Å². The average Bonchev–Trinajstić information content (AvgIpc) is 2.99. The summed E-state index contributed by atoms with van der Waals surface area (Å²) in [6.45, 7) is 6.31. The molecule has 9 nitrogen and oxygen atoms in total. The highest BCUT2D eigenvalue weighted by atomic mass is 32.1. The Morgan fingerprint density at radius 1 is 0.805 bits per heavy atom. The van der Waals surface area contributed by atoms with Crippen molar-refractivity contribution in [3.05, 3.63) is 65.2 Å². The van der Waals surface area contributed by atoms with Crippen molar-refractivity contribution in [2.24, 2.45) is 0 Å². The molecule has 218 valence electrons. The lowest BCUT2D eigenvalue weighted by molar-refractivity contribution is 0.0568. The fraction of sp³-hybridized carbons (Fsp3) is 0.419. The quantitative estimate of drug-likeness (QED) is 0.258. The Morgan fingerprint density at radius 3 is 1.95 bits per heavy atom. The first kappa shape index (κ1) is 29.2. The number of rotatable bonds is 12. The Bertz CT molecular complexity index is 1330. The van der Waals surface area contributed by atoms with E-state index in [-0.39, 0.29) is 17.1 Å². The van der Waals surface area contributed by atoms with Gasteiger partial charge in [0.2, 0.25) is 5.75 Å². The van der Waals surface area contributed by atoms with Crippen LogP contribution in [0.4, 0.5) is 0 Å². The third-order valence-electron chi connectivity index (χ3n) is 7.73. The van der Waals surface area contributed by atoms with E-state index in [9.17, 15) is 9.59 Å². The van der Waals surface area contributed by atoms with Gasteiger partial charge < -0.3 is 18.9 Å². The maximum atomic E-state index is 13.2. The number of carbonyl (C=O) groups excluding carboxylic acids is 2. The highest BCUT2D eigenvalue weighted by molar-refractivity contribution is 7.81. The van der Waals surface area contributed by atoms with Crippen molar-refractivity contribution in [3.8, 4) is 17.2 Å². The molecule has 0 radical (unpaired) electrons. The number of piperazine rings is 1. The summed E-state index contributed by atoms with van der Waals surface area (Å²) < 4.78 is 22.2. The summed E-state index contributed by atoms with van der Waals surface area (Å²) in [7, 11) is 4.77. The Balaban J connectivity index is 1.06. The van der Waals surface area contributed by atoms with Crippen LogP contribution >= 0.6 is 12.6 Å². The van der Waals surface area contributed by atoms with Crippen LogP contribution in [0.2, 0.25) is 0 Å². The standard InChI is InChI=1S/C31H37N3O6S/c1-37-26-16-21(17-27(38-2)29(26)39-3)19-40-20-23(41)18-33-12-10-32(11-13-33)14-15-34-30(35)24-8-4-6-22-7-5-9-25(28(22)24)31(34)36/h4-9,16-17,23,41H,10-15,18-20H2,1-3H3/t23-/m1/s1. The topological polar surface area (TPSA) is 80.8 Å². The van der Waals surface area contributed by atoms with Crippen LogP contribution in [0.3, 0.4) is 0 Å². The minimum atomic E-state index is -0.206. The molecule has 10 heteroatoms. The van der Waals surface area contributed by atoms with Crippen molar-refractivity contribution >= 4 is 35.2 Å². The zero-order valence-electron chi connectivity index (χ0n) is 23.8. The van der Waals surface area contributed by atoms with Crippen LogP contribution in [0.15, 0.2) is 48.5 Å². The monoisotopic (exact) mass is 579 g/mol. The molecule has 0 saturated carbocycles. The number of thiol groups is 1. The van der Waals surface area contributed by atoms with Crippen molar-refractivity contribution < 1.29 is 28.5 Å². The highest BCUT2D eigenvalue weighted by Gasteiger charge is 2.33. The zero-order chi connectivity index (χ0) is 28.9. The number of carbonyl (C=O) groups is 2. The summed E-state index contributed by atoms with van der Waals surface area (Å²) in [5.74, 6) is 1.34. The third kappa shape index (κ3) is 6.30. The predicted molar refractivity (Wildman–Crippen MR) is 161 cm³/mol. The summed E-state index contributed by atoms with van der Waals surface area (Å²) in [5.41, 5.74) is 2.14. The summed E-state index contributed by atoms with van der Waals surface area (Å²) in [4.78, 5) is 32.4. The fourth-order valence-electron chi connectivity index (χ4n) is 5.60. The Labute approximate surface area is 246 Å². The summed E-state index contributed by atoms with van der Waals surface area (Å²) in [5, 5.41) is 1.75. The van der Waals surface area contributed by atoms with E-state index >= 15 is 0 Å². The van der Waals surface area contributed by atoms with Crippen molar-refractivity contribution in [1.82, 2.24) is 14.7 Å². The molecule has 1 fully saturated rings. The molecule has 0 unspecified atom stereocenters. The average molecular weight is 580 g/mol. The third-order valence-corrected chi connectivity index (χ3v) is 8.05. The fourth-order valence-corrected chi connectivity index (χ4v) is 5.94. The van der Waals surface area contributed by atoms with Gasteiger partial charge in [-0.15, -0.1) is 0 Å². The van der Waals surface area contributed by atoms with Gasteiger partial charge in [0.25, 0.3) is 11.8 Å². The van der Waals surface area contributed by atoms with Gasteiger partial charge in [-0.3, -0.25) is 24.3 Å². The lowest BCUT2D eigenvalue weighted by Gasteiger charge is -2.37. The molecular weight excluding hydrogens is 542 g/mol. The van der Waals surface area contributed by atoms with Gasteiger partial charge in [0, 0.05) is 67.6 Å². The maximum absolute atomic E-state index is 13.2. The second-order valence-corrected chi connectivity index (χ2v) is 11.0. The molecule has 3 aromatic carbocycles. The maximum Gasteiger partial charge on any atom is 0.261 e. The van der Waals surface area contributed by atoms with Gasteiger partial charge in [-0.05, 0) is 35.2 Å². The first-order valence-corrected chi connectivity index (χ1v) is 14.3. The number of hydrogen-bond donors (Lipinski definition) is 1. The number of ether oxygens (including phenoxy) is 4. The summed E-state index contributed by atoms with van der Waals surface area (Å²) >= 11 is 4.76. The van der Waals surface area contributed by atoms with Crippen LogP contribution in [0, 0.1) is 0 Å². The van der Waals surface area contributed by atoms with Crippen LogP contribution in [0.1, 0.15) is 26.3 Å². The first-order valence-electron chi connectivity index (χ1n) is 13.8. The second kappa shape index (κ2) is 13.1. The van der Waals surface area contributed by atoms with Gasteiger partial charge in [-0.2, -0.15) is 12.6 Å². The van der Waals surface area contributed by atoms with E-state index in [4.69, 9.17) is 31.6 Å². The molecule has 2 aliphatic heterocycles. The number of hydrogen-bond acceptors (Lipinski definition) is 9. The molecule has 2 heterocycles. The Kier molecular flexibility index (Phi) is 9.34. The van der Waals surface area contributed by atoms with E-state index in [0.29, 0.717) is 54.7 Å². The molecule has 0 bridgehead atoms. The number of benzene rings is 3. The predicted octanol–water partition coefficient (Wildman–Crippen LogP) is 3.59. The Hall–Kier alpha value is -3.31. The van der Waals surface area contributed by atoms with Gasteiger partial charge >= 0.3 is 0 Å². The van der Waals surface area contributed by atoms with Gasteiger partial charge in [0.15, 0.2) is 11.5 Å². The molecule has 1 saturated heterocycles. The van der Waals surface area contributed by atoms with Crippen molar-refractivity contribution in [2.45, 2.75) is 11.9 Å². The van der Waals surface area contributed by atoms with E-state index < -0.39 is 0 Å². The normalized spacial score (nSPS) is 16.7. The van der Waals surface area contributed by atoms with E-state index in [2.05, 4.69) is 9.80 Å². The van der Waals surface area contributed by atoms with E-state index in [1.807, 2.05) is 48.5 Å². The molecule has 2 amide bonds. The minimum absolute atomic E-state index is 0.0648. The molecule has 41 heavy (non-hydrogen) atoms. The molecule has 3 aromatic rings. The molecule has 5 rings (SSSR count). The lowest BCUT2D eigenvalue weighted by atomic mass is 9.94. The largest absolute Gasteiger partial charge is 0.493 e. The number of nitrogens with zero attached hydrogens (tertiary/aromatic N) is 3. The summed E-state index contributed by atoms with van der Waals surface area (Å²) in [6, 6.07) is 15.0. The molecule has 0 N–H and O–H groups in total. The number of methoxy groups -OCH3 is 3. The van der Waals surface area contributed by atoms with Gasteiger partial charge in [-0.1, -0.05) is 24.3 Å². The van der Waals surface area contributed by atoms with Gasteiger partial charge in [-0.25, -0.2) is 0 Å². The van der Waals surface area contributed by atoms with E-state index in [1.54, 1.807) is 21.3 Å². The van der Waals surface area contributed by atoms with Crippen molar-refractivity contribution in [1.29, 1.82) is 0 Å². The molecule has 0 aliphatic carbocycles. The SMILES string of the molecule is COc1cc(COC[C@H](S)CN2CCN(CCN3C(=O)c4cccc5cccc(c45)C3=O)CC2)cc(OC)c1OC. The minimum Gasteiger partial charge on any atom is -0.493 e. The lowest BCUT2D eigenvalue weighted by Crippen LogP contribution is -2.51. The first-order chi connectivity index (χ1) is 19.9. The summed E-state index contributed by atoms with van der Waals surface area (Å²) in [6.07, 6.45) is 0. The van der Waals surface area contributed by atoms with Gasteiger partial charge in [0.1, 0.15) is 0 Å². The number of amides is 2. The zero-order valence-corrected chi connectivity index (χ0v) is 24.7. The number of imide groups is 1. The molecule has 0 spiro atoms. The van der Waals surface area contributed by atoms with E-state index in [1.165, 1.54) is 4.90 Å². The molecule has 0 aromatic heterocycles. The van der Waals surface area contributed by atoms with Crippen LogP contribution in [0.5, 0.6) is 17.2 Å². The van der Waals surface area contributed by atoms with Crippen LogP contribution in [-0.2, 0) is 11.3 Å². The van der Waals surface area contributed by atoms with E-state index in [0.717, 1.165) is 49.1 Å². The smallest absolute Gasteiger partial charge is 0.261 e. The Morgan fingerprint density at radius 2 is 1.39 bits per heavy atom.